The average molecular weight is 410 g/mol. The van der Waals surface area contributed by atoms with Crippen LogP contribution >= 0.6 is 11.3 Å². The van der Waals surface area contributed by atoms with Gasteiger partial charge in [-0.3, -0.25) is 4.79 Å². The normalized spacial score (nSPS) is 13.3. The zero-order chi connectivity index (χ0) is 20.9. The van der Waals surface area contributed by atoms with Crippen LogP contribution in [0.25, 0.3) is 21.3 Å². The van der Waals surface area contributed by atoms with Gasteiger partial charge >= 0.3 is 5.97 Å². The van der Waals surface area contributed by atoms with E-state index in [0.29, 0.717) is 11.2 Å². The number of aliphatic carboxylic acids is 1. The third kappa shape index (κ3) is 2.99. The van der Waals surface area contributed by atoms with Crippen LogP contribution in [0.4, 0.5) is 0 Å². The van der Waals surface area contributed by atoms with Crippen molar-refractivity contribution in [3.63, 3.8) is 0 Å². The lowest BCUT2D eigenvalue weighted by Crippen LogP contribution is -2.32. The van der Waals surface area contributed by atoms with Gasteiger partial charge in [-0.05, 0) is 65.9 Å². The van der Waals surface area contributed by atoms with E-state index in [9.17, 15) is 15.0 Å². The highest BCUT2D eigenvalue weighted by atomic mass is 32.1. The van der Waals surface area contributed by atoms with Crippen LogP contribution in [0.5, 0.6) is 0 Å². The van der Waals surface area contributed by atoms with Crippen LogP contribution in [0.15, 0.2) is 29.8 Å². The fourth-order valence-electron chi connectivity index (χ4n) is 3.97. The van der Waals surface area contributed by atoms with Crippen LogP contribution in [-0.2, 0) is 18.4 Å². The van der Waals surface area contributed by atoms with Crippen LogP contribution in [0.2, 0.25) is 0 Å². The van der Waals surface area contributed by atoms with Crippen molar-refractivity contribution in [3.8, 4) is 0 Å². The van der Waals surface area contributed by atoms with Gasteiger partial charge in [0.05, 0.1) is 12.0 Å². The van der Waals surface area contributed by atoms with Gasteiger partial charge in [0.1, 0.15) is 5.52 Å². The highest BCUT2D eigenvalue weighted by Crippen LogP contribution is 2.44. The molecule has 3 aromatic heterocycles. The fraction of sp³-hybridized carbons (Fsp3) is 0.333. The Morgan fingerprint density at radius 2 is 2.10 bits per heavy atom. The molecule has 0 aliphatic carbocycles. The molecule has 1 aromatic carbocycles. The minimum absolute atomic E-state index is 0.106. The summed E-state index contributed by atoms with van der Waals surface area (Å²) in [5, 5.41) is 31.2. The first-order chi connectivity index (χ1) is 13.8. The summed E-state index contributed by atoms with van der Waals surface area (Å²) >= 11 is 1.57. The topological polar surface area (TPSA) is 101 Å². The van der Waals surface area contributed by atoms with Crippen molar-refractivity contribution in [2.24, 2.45) is 12.5 Å². The fourth-order valence-corrected chi connectivity index (χ4v) is 4.86. The second kappa shape index (κ2) is 6.89. The largest absolute Gasteiger partial charge is 0.481 e. The van der Waals surface area contributed by atoms with Gasteiger partial charge in [0.15, 0.2) is 5.65 Å². The van der Waals surface area contributed by atoms with E-state index in [-0.39, 0.29) is 6.61 Å². The van der Waals surface area contributed by atoms with Crippen LogP contribution in [0.1, 0.15) is 42.0 Å². The Balaban J connectivity index is 2.02. The van der Waals surface area contributed by atoms with Crippen LogP contribution in [0.3, 0.4) is 0 Å². The van der Waals surface area contributed by atoms with E-state index in [1.54, 1.807) is 43.1 Å². The van der Waals surface area contributed by atoms with E-state index in [4.69, 9.17) is 0 Å². The second-order valence-electron chi connectivity index (χ2n) is 7.86. The monoisotopic (exact) mass is 410 g/mol. The minimum atomic E-state index is -1.11. The molecular formula is C21H22N4O3S. The maximum atomic E-state index is 12.3. The predicted molar refractivity (Wildman–Crippen MR) is 112 cm³/mol. The number of aryl methyl sites for hydroxylation is 2. The van der Waals surface area contributed by atoms with Gasteiger partial charge in [-0.25, -0.2) is 9.67 Å². The second-order valence-corrected chi connectivity index (χ2v) is 8.78. The van der Waals surface area contributed by atoms with Crippen molar-refractivity contribution in [2.75, 3.05) is 0 Å². The Hall–Kier alpha value is -2.84. The first-order valence-corrected chi connectivity index (χ1v) is 10.1. The Morgan fingerprint density at radius 3 is 2.79 bits per heavy atom. The number of aliphatic hydroxyl groups excluding tert-OH is 1. The number of thiophene rings is 1. The number of carboxylic acid groups (broad SMARTS) is 1. The standard InChI is InChI=1S/C21H22N4O3S/c1-11-15(9-22-19-17(11)23-24-25(19)4)16(21(2,3)20(27)28)13-7-12-5-6-29-18(12)14(8-13)10-26/h5-9,16,26H,10H2,1-4H3,(H,27,28)/t16-/m0/s1. The molecule has 0 aliphatic rings. The first-order valence-electron chi connectivity index (χ1n) is 9.24. The number of benzene rings is 1. The van der Waals surface area contributed by atoms with Crippen LogP contribution < -0.4 is 0 Å². The molecule has 0 saturated heterocycles. The molecule has 4 rings (SSSR count). The Bertz CT molecular complexity index is 1240. The summed E-state index contributed by atoms with van der Waals surface area (Å²) < 4.78 is 2.62. The number of rotatable bonds is 5. The summed E-state index contributed by atoms with van der Waals surface area (Å²) in [5.41, 5.74) is 3.49. The van der Waals surface area contributed by atoms with E-state index in [0.717, 1.165) is 32.3 Å². The zero-order valence-corrected chi connectivity index (χ0v) is 17.5. The van der Waals surface area contributed by atoms with Crippen LogP contribution in [0, 0.1) is 12.3 Å². The highest BCUT2D eigenvalue weighted by Gasteiger charge is 2.40. The molecule has 8 heteroatoms. The van der Waals surface area contributed by atoms with E-state index >= 15 is 0 Å². The molecule has 0 spiro atoms. The van der Waals surface area contributed by atoms with Crippen molar-refractivity contribution in [1.29, 1.82) is 0 Å². The molecule has 0 bridgehead atoms. The van der Waals surface area contributed by atoms with Crippen molar-refractivity contribution in [2.45, 2.75) is 33.3 Å². The Morgan fingerprint density at radius 1 is 1.34 bits per heavy atom. The summed E-state index contributed by atoms with van der Waals surface area (Å²) in [6.45, 7) is 5.26. The van der Waals surface area contributed by atoms with Gasteiger partial charge < -0.3 is 10.2 Å². The predicted octanol–water partition coefficient (Wildman–Crippen LogP) is 3.62. The molecule has 0 radical (unpaired) electrons. The summed E-state index contributed by atoms with van der Waals surface area (Å²) in [4.78, 5) is 16.8. The molecule has 4 aromatic rings. The molecule has 1 atom stereocenters. The van der Waals surface area contributed by atoms with Crippen molar-refractivity contribution < 1.29 is 15.0 Å². The van der Waals surface area contributed by atoms with Gasteiger partial charge in [-0.2, -0.15) is 0 Å². The molecule has 0 unspecified atom stereocenters. The number of aromatic nitrogens is 4. The Kier molecular flexibility index (Phi) is 4.63. The average Bonchev–Trinajstić information content (AvgIpc) is 3.30. The number of hydrogen-bond donors (Lipinski definition) is 2. The first kappa shape index (κ1) is 19.5. The summed E-state index contributed by atoms with van der Waals surface area (Å²) in [6.07, 6.45) is 1.73. The molecule has 2 N–H and O–H groups in total. The van der Waals surface area contributed by atoms with Gasteiger partial charge in [-0.15, -0.1) is 16.4 Å². The van der Waals surface area contributed by atoms with Gasteiger partial charge in [-0.1, -0.05) is 11.3 Å². The minimum Gasteiger partial charge on any atom is -0.481 e. The lowest BCUT2D eigenvalue weighted by atomic mass is 9.70. The molecule has 0 aliphatic heterocycles. The summed E-state index contributed by atoms with van der Waals surface area (Å²) in [5.74, 6) is -1.38. The molecule has 29 heavy (non-hydrogen) atoms. The molecule has 7 nitrogen and oxygen atoms in total. The summed E-state index contributed by atoms with van der Waals surface area (Å²) in [6, 6.07) is 5.92. The van der Waals surface area contributed by atoms with Crippen molar-refractivity contribution >= 4 is 38.6 Å². The maximum absolute atomic E-state index is 12.3. The zero-order valence-electron chi connectivity index (χ0n) is 16.7. The molecule has 150 valence electrons. The molecule has 0 fully saturated rings. The van der Waals surface area contributed by atoms with Crippen molar-refractivity contribution in [1.82, 2.24) is 20.0 Å². The number of fused-ring (bicyclic) bond motifs is 2. The van der Waals surface area contributed by atoms with E-state index in [2.05, 4.69) is 15.3 Å². The number of nitrogens with zero attached hydrogens (tertiary/aromatic N) is 4. The van der Waals surface area contributed by atoms with Gasteiger partial charge in [0.2, 0.25) is 0 Å². The SMILES string of the molecule is Cc1c([C@H](c2cc(CO)c3sccc3c2)C(C)(C)C(=O)O)cnc2c1nnn2C. The van der Waals surface area contributed by atoms with Gasteiger partial charge in [0.25, 0.3) is 0 Å². The lowest BCUT2D eigenvalue weighted by Gasteiger charge is -2.32. The van der Waals surface area contributed by atoms with Crippen LogP contribution in [-0.4, -0.2) is 36.2 Å². The molecule has 0 amide bonds. The van der Waals surface area contributed by atoms with E-state index < -0.39 is 17.3 Å². The molecular weight excluding hydrogens is 388 g/mol. The smallest absolute Gasteiger partial charge is 0.310 e. The van der Waals surface area contributed by atoms with E-state index in [1.807, 2.05) is 30.5 Å². The third-order valence-corrected chi connectivity index (χ3v) is 6.66. The van der Waals surface area contributed by atoms with Gasteiger partial charge in [0, 0.05) is 23.9 Å². The number of aliphatic hydroxyl groups is 1. The Labute approximate surface area is 171 Å². The summed E-state index contributed by atoms with van der Waals surface area (Å²) in [7, 11) is 1.78. The quantitative estimate of drug-likeness (QED) is 0.521. The highest BCUT2D eigenvalue weighted by molar-refractivity contribution is 7.17. The number of pyridine rings is 1. The molecule has 3 heterocycles. The number of hydrogen-bond acceptors (Lipinski definition) is 6. The van der Waals surface area contributed by atoms with Crippen molar-refractivity contribution in [3.05, 3.63) is 52.0 Å². The third-order valence-electron chi connectivity index (χ3n) is 5.65. The lowest BCUT2D eigenvalue weighted by molar-refractivity contribution is -0.147. The number of carbonyl (C=O) groups is 1. The van der Waals surface area contributed by atoms with E-state index in [1.165, 1.54) is 0 Å². The number of carboxylic acids is 1. The maximum Gasteiger partial charge on any atom is 0.310 e. The molecule has 0 saturated carbocycles.